The van der Waals surface area contributed by atoms with Crippen molar-refractivity contribution in [3.8, 4) is 0 Å². The molecule has 3 rings (SSSR count). The van der Waals surface area contributed by atoms with Gasteiger partial charge in [-0.2, -0.15) is 0 Å². The second-order valence-electron chi connectivity index (χ2n) is 6.24. The lowest BCUT2D eigenvalue weighted by atomic mass is 10.1. The number of hydrogen-bond acceptors (Lipinski definition) is 6. The molecular weight excluding hydrogens is 383 g/mol. The van der Waals surface area contributed by atoms with Crippen molar-refractivity contribution in [2.45, 2.75) is 38.7 Å². The zero-order valence-electron chi connectivity index (χ0n) is 15.2. The van der Waals surface area contributed by atoms with Crippen LogP contribution in [0, 0.1) is 5.82 Å². The summed E-state index contributed by atoms with van der Waals surface area (Å²) in [5.41, 5.74) is 1.47. The average molecular weight is 402 g/mol. The average Bonchev–Trinajstić information content (AvgIpc) is 3.32. The quantitative estimate of drug-likeness (QED) is 0.249. The number of nitrogens with one attached hydrogen (secondary N) is 1. The van der Waals surface area contributed by atoms with Gasteiger partial charge in [0.05, 0.1) is 11.3 Å². The molecule has 0 fully saturated rings. The Morgan fingerprint density at radius 1 is 1.39 bits per heavy atom. The highest BCUT2D eigenvalue weighted by Crippen LogP contribution is 2.27. The Balaban J connectivity index is 1.75. The molecule has 0 amide bonds. The zero-order valence-corrected chi connectivity index (χ0v) is 16.1. The van der Waals surface area contributed by atoms with E-state index >= 15 is 0 Å². The molecule has 0 aliphatic carbocycles. The molecule has 2 aromatic heterocycles. The number of H-pyrrole nitrogens is 1. The molecule has 0 radical (unpaired) electrons. The van der Waals surface area contributed by atoms with Gasteiger partial charge in [-0.05, 0) is 31.0 Å². The van der Waals surface area contributed by atoms with Crippen molar-refractivity contribution in [2.75, 3.05) is 0 Å². The van der Waals surface area contributed by atoms with Gasteiger partial charge < -0.3 is 14.5 Å². The number of hydrogen-bond donors (Lipinski definition) is 1. The minimum Gasteiger partial charge on any atom is -0.456 e. The van der Waals surface area contributed by atoms with Gasteiger partial charge in [-0.15, -0.1) is 11.3 Å². The molecule has 2 heterocycles. The fraction of sp³-hybridized carbons (Fsp3) is 0.300. The number of ether oxygens (including phenoxy) is 1. The topological polar surface area (TPSA) is 89.1 Å². The Morgan fingerprint density at radius 3 is 2.96 bits per heavy atom. The molecule has 1 atom stereocenters. The zero-order chi connectivity index (χ0) is 20.1. The van der Waals surface area contributed by atoms with Crippen LogP contribution in [0.3, 0.4) is 0 Å². The summed E-state index contributed by atoms with van der Waals surface area (Å²) in [6, 6.07) is 4.19. The summed E-state index contributed by atoms with van der Waals surface area (Å²) in [5, 5.41) is 2.60. The van der Waals surface area contributed by atoms with Crippen molar-refractivity contribution in [2.24, 2.45) is 0 Å². The number of thiazole rings is 1. The molecule has 0 saturated carbocycles. The second kappa shape index (κ2) is 8.88. The number of carbonyl (C=O) groups is 3. The lowest BCUT2D eigenvalue weighted by molar-refractivity contribution is -0.150. The largest absolute Gasteiger partial charge is 0.456 e. The molecule has 3 aromatic rings. The van der Waals surface area contributed by atoms with Gasteiger partial charge in [0.15, 0.2) is 5.01 Å². The smallest absolute Gasteiger partial charge is 0.306 e. The van der Waals surface area contributed by atoms with Crippen LogP contribution in [0.25, 0.3) is 10.9 Å². The van der Waals surface area contributed by atoms with Crippen molar-refractivity contribution in [3.05, 3.63) is 51.9 Å². The summed E-state index contributed by atoms with van der Waals surface area (Å²) in [5.74, 6) is -1.06. The van der Waals surface area contributed by atoms with E-state index in [1.807, 2.05) is 6.92 Å². The first-order chi connectivity index (χ1) is 13.5. The van der Waals surface area contributed by atoms with Crippen molar-refractivity contribution < 1.29 is 23.5 Å². The van der Waals surface area contributed by atoms with Gasteiger partial charge >= 0.3 is 5.97 Å². The number of aromatic nitrogens is 2. The Kier molecular flexibility index (Phi) is 6.30. The van der Waals surface area contributed by atoms with E-state index in [0.717, 1.165) is 6.29 Å². The summed E-state index contributed by atoms with van der Waals surface area (Å²) in [6.45, 7) is 1.86. The van der Waals surface area contributed by atoms with Crippen LogP contribution in [0.2, 0.25) is 0 Å². The Labute approximate surface area is 164 Å². The van der Waals surface area contributed by atoms with Gasteiger partial charge in [0.25, 0.3) is 0 Å². The number of benzene rings is 1. The maximum atomic E-state index is 13.3. The van der Waals surface area contributed by atoms with Crippen LogP contribution < -0.4 is 0 Å². The number of esters is 1. The van der Waals surface area contributed by atoms with E-state index in [1.54, 1.807) is 11.4 Å². The fourth-order valence-electron chi connectivity index (χ4n) is 2.84. The Morgan fingerprint density at radius 2 is 2.21 bits per heavy atom. The van der Waals surface area contributed by atoms with Crippen LogP contribution in [0.1, 0.15) is 59.8 Å². The van der Waals surface area contributed by atoms with Crippen LogP contribution in [-0.4, -0.2) is 28.0 Å². The summed E-state index contributed by atoms with van der Waals surface area (Å²) in [7, 11) is 0. The molecule has 146 valence electrons. The van der Waals surface area contributed by atoms with E-state index < -0.39 is 12.1 Å². The van der Waals surface area contributed by atoms with Crippen LogP contribution in [-0.2, 0) is 14.3 Å². The minimum atomic E-state index is -0.543. The van der Waals surface area contributed by atoms with Gasteiger partial charge in [0.2, 0.25) is 5.78 Å². The van der Waals surface area contributed by atoms with Gasteiger partial charge in [0, 0.05) is 35.3 Å². The van der Waals surface area contributed by atoms with Crippen LogP contribution in [0.15, 0.2) is 29.8 Å². The van der Waals surface area contributed by atoms with Gasteiger partial charge in [-0.3, -0.25) is 9.59 Å². The van der Waals surface area contributed by atoms with Crippen molar-refractivity contribution in [1.29, 1.82) is 0 Å². The Bertz CT molecular complexity index is 1010. The molecule has 1 aromatic carbocycles. The second-order valence-corrected chi connectivity index (χ2v) is 7.10. The van der Waals surface area contributed by atoms with Crippen molar-refractivity contribution in [3.63, 3.8) is 0 Å². The third-order valence-corrected chi connectivity index (χ3v) is 5.14. The molecule has 0 aliphatic heterocycles. The van der Waals surface area contributed by atoms with Crippen molar-refractivity contribution in [1.82, 2.24) is 9.97 Å². The monoisotopic (exact) mass is 402 g/mol. The summed E-state index contributed by atoms with van der Waals surface area (Å²) >= 11 is 1.17. The van der Waals surface area contributed by atoms with Gasteiger partial charge in [0.1, 0.15) is 18.2 Å². The molecular formula is C20H19FN2O4S. The predicted octanol–water partition coefficient (Wildman–Crippen LogP) is 4.36. The first-order valence-electron chi connectivity index (χ1n) is 8.93. The third kappa shape index (κ3) is 4.33. The normalized spacial score (nSPS) is 12.1. The van der Waals surface area contributed by atoms with E-state index in [9.17, 15) is 18.8 Å². The van der Waals surface area contributed by atoms with Crippen LogP contribution >= 0.6 is 11.3 Å². The lowest BCUT2D eigenvalue weighted by Crippen LogP contribution is -2.11. The van der Waals surface area contributed by atoms with E-state index in [2.05, 4.69) is 9.97 Å². The number of fused-ring (bicyclic) bond motifs is 1. The molecule has 1 N–H and O–H groups in total. The Hall–Kier alpha value is -2.87. The molecule has 0 saturated heterocycles. The summed E-state index contributed by atoms with van der Waals surface area (Å²) < 4.78 is 18.8. The SMILES string of the molecule is CCC(OC(=O)CCCC=O)c1csc(C(=O)c2c[nH]c3cc(F)ccc23)n1. The van der Waals surface area contributed by atoms with Crippen LogP contribution in [0.4, 0.5) is 4.39 Å². The number of rotatable bonds is 9. The van der Waals surface area contributed by atoms with E-state index in [1.165, 1.54) is 29.7 Å². The molecule has 0 aliphatic rings. The van der Waals surface area contributed by atoms with Crippen LogP contribution in [0.5, 0.6) is 0 Å². The number of aldehydes is 1. The van der Waals surface area contributed by atoms with Gasteiger partial charge in [-0.1, -0.05) is 6.92 Å². The molecule has 0 spiro atoms. The fourth-order valence-corrected chi connectivity index (χ4v) is 3.65. The summed E-state index contributed by atoms with van der Waals surface area (Å²) in [6.07, 6.45) is 3.20. The standard InChI is InChI=1S/C20H19FN2O4S/c1-2-17(27-18(25)5-3-4-8-24)16-11-28-20(23-16)19(26)14-10-22-15-9-12(21)6-7-13(14)15/h6-11,17,22H,2-5H2,1H3. The van der Waals surface area contributed by atoms with Gasteiger partial charge in [-0.25, -0.2) is 9.37 Å². The van der Waals surface area contributed by atoms with E-state index in [0.29, 0.717) is 41.4 Å². The number of aromatic amines is 1. The lowest BCUT2D eigenvalue weighted by Gasteiger charge is -2.13. The van der Waals surface area contributed by atoms with Crippen molar-refractivity contribution >= 4 is 40.3 Å². The first kappa shape index (κ1) is 19.9. The highest BCUT2D eigenvalue weighted by molar-refractivity contribution is 7.12. The highest BCUT2D eigenvalue weighted by atomic mass is 32.1. The number of nitrogens with zero attached hydrogens (tertiary/aromatic N) is 1. The predicted molar refractivity (Wildman–Crippen MR) is 103 cm³/mol. The highest BCUT2D eigenvalue weighted by Gasteiger charge is 2.22. The third-order valence-electron chi connectivity index (χ3n) is 4.28. The van der Waals surface area contributed by atoms with E-state index in [4.69, 9.17) is 4.74 Å². The summed E-state index contributed by atoms with van der Waals surface area (Å²) in [4.78, 5) is 42.3. The number of carbonyl (C=O) groups excluding carboxylic acids is 3. The molecule has 6 nitrogen and oxygen atoms in total. The number of ketones is 1. The molecule has 8 heteroatoms. The number of halogens is 1. The van der Waals surface area contributed by atoms with E-state index in [-0.39, 0.29) is 23.0 Å². The molecule has 28 heavy (non-hydrogen) atoms. The molecule has 0 bridgehead atoms. The minimum absolute atomic E-state index is 0.164. The first-order valence-corrected chi connectivity index (χ1v) is 9.81. The number of unbranched alkanes of at least 4 members (excludes halogenated alkanes) is 1. The maximum absolute atomic E-state index is 13.3. The maximum Gasteiger partial charge on any atom is 0.306 e. The molecule has 1 unspecified atom stereocenters.